The van der Waals surface area contributed by atoms with Crippen LogP contribution in [0.3, 0.4) is 0 Å². The van der Waals surface area contributed by atoms with Gasteiger partial charge in [0.2, 0.25) is 0 Å². The first-order chi connectivity index (χ1) is 30.3. The molecule has 2 heterocycles. The summed E-state index contributed by atoms with van der Waals surface area (Å²) in [7, 11) is 0. The van der Waals surface area contributed by atoms with Crippen LogP contribution in [0.5, 0.6) is 0 Å². The van der Waals surface area contributed by atoms with E-state index in [0.29, 0.717) is 0 Å². The van der Waals surface area contributed by atoms with Crippen molar-refractivity contribution >= 4 is 59.3 Å². The fourth-order valence-corrected chi connectivity index (χ4v) is 11.2. The fourth-order valence-electron chi connectivity index (χ4n) is 9.96. The van der Waals surface area contributed by atoms with E-state index in [9.17, 15) is 0 Å². The highest BCUT2D eigenvalue weighted by atomic mass is 32.1. The molecule has 0 aliphatic heterocycles. The molecule has 286 valence electrons. The van der Waals surface area contributed by atoms with E-state index >= 15 is 0 Å². The smallest absolute Gasteiger partial charge is 0.0738 e. The highest BCUT2D eigenvalue weighted by Crippen LogP contribution is 2.59. The summed E-state index contributed by atoms with van der Waals surface area (Å²) in [5.41, 5.74) is 14.8. The number of nitrogens with zero attached hydrogens (tertiary/aromatic N) is 2. The molecule has 0 N–H and O–H groups in total. The summed E-state index contributed by atoms with van der Waals surface area (Å²) in [5.74, 6) is 0. The molecule has 0 fully saturated rings. The summed E-state index contributed by atoms with van der Waals surface area (Å²) in [6.45, 7) is 0. The van der Waals surface area contributed by atoms with Gasteiger partial charge in [0.15, 0.2) is 0 Å². The van der Waals surface area contributed by atoms with Gasteiger partial charge < -0.3 is 4.90 Å². The van der Waals surface area contributed by atoms with Crippen molar-refractivity contribution in [3.63, 3.8) is 0 Å². The molecular formula is C58H38N2S. The van der Waals surface area contributed by atoms with E-state index in [-0.39, 0.29) is 0 Å². The second kappa shape index (κ2) is 14.3. The maximum absolute atomic E-state index is 5.03. The average Bonchev–Trinajstić information content (AvgIpc) is 3.87. The number of thiophene rings is 1. The van der Waals surface area contributed by atoms with Gasteiger partial charge in [-0.15, -0.1) is 11.3 Å². The minimum atomic E-state index is -0.570. The van der Waals surface area contributed by atoms with Crippen molar-refractivity contribution in [2.45, 2.75) is 5.41 Å². The summed E-state index contributed by atoms with van der Waals surface area (Å²) in [6, 6.07) is 80.1. The van der Waals surface area contributed by atoms with Crippen molar-refractivity contribution < 1.29 is 0 Å². The molecule has 12 rings (SSSR count). The van der Waals surface area contributed by atoms with E-state index in [1.54, 1.807) is 0 Å². The molecule has 3 heteroatoms. The Morgan fingerprint density at radius 3 is 1.74 bits per heavy atom. The van der Waals surface area contributed by atoms with Crippen LogP contribution in [0.2, 0.25) is 0 Å². The lowest BCUT2D eigenvalue weighted by molar-refractivity contribution is 0.768. The van der Waals surface area contributed by atoms with Gasteiger partial charge in [-0.05, 0) is 85.1 Å². The Morgan fingerprint density at radius 1 is 0.410 bits per heavy atom. The lowest BCUT2D eigenvalue weighted by atomic mass is 9.67. The molecular weight excluding hydrogens is 757 g/mol. The van der Waals surface area contributed by atoms with Gasteiger partial charge >= 0.3 is 0 Å². The molecule has 1 aliphatic carbocycles. The molecule has 0 spiro atoms. The Balaban J connectivity index is 1.21. The van der Waals surface area contributed by atoms with E-state index in [1.807, 2.05) is 17.5 Å². The van der Waals surface area contributed by atoms with Crippen molar-refractivity contribution in [2.75, 3.05) is 4.90 Å². The molecule has 2 aromatic heterocycles. The van der Waals surface area contributed by atoms with Crippen molar-refractivity contribution in [2.24, 2.45) is 0 Å². The number of fused-ring (bicyclic) bond motifs is 8. The van der Waals surface area contributed by atoms with Crippen LogP contribution in [0.25, 0.3) is 64.3 Å². The Morgan fingerprint density at radius 2 is 1.02 bits per heavy atom. The van der Waals surface area contributed by atoms with E-state index in [1.165, 1.54) is 70.8 Å². The second-order valence-electron chi connectivity index (χ2n) is 15.9. The first-order valence-corrected chi connectivity index (χ1v) is 21.7. The predicted molar refractivity (Wildman–Crippen MR) is 257 cm³/mol. The molecule has 0 amide bonds. The number of aromatic nitrogens is 1. The van der Waals surface area contributed by atoms with Crippen molar-refractivity contribution in [1.29, 1.82) is 0 Å². The van der Waals surface area contributed by atoms with Crippen LogP contribution in [0.4, 0.5) is 17.1 Å². The summed E-state index contributed by atoms with van der Waals surface area (Å²) in [4.78, 5) is 7.51. The van der Waals surface area contributed by atoms with Gasteiger partial charge in [0, 0.05) is 32.9 Å². The van der Waals surface area contributed by atoms with E-state index in [0.717, 1.165) is 32.9 Å². The zero-order chi connectivity index (χ0) is 40.3. The lowest BCUT2D eigenvalue weighted by Gasteiger charge is -2.35. The normalized spacial score (nSPS) is 12.7. The van der Waals surface area contributed by atoms with Crippen LogP contribution in [0.1, 0.15) is 22.3 Å². The van der Waals surface area contributed by atoms with Crippen molar-refractivity contribution in [1.82, 2.24) is 4.98 Å². The molecule has 0 radical (unpaired) electrons. The van der Waals surface area contributed by atoms with E-state index in [4.69, 9.17) is 4.98 Å². The predicted octanol–water partition coefficient (Wildman–Crippen LogP) is 15.8. The summed E-state index contributed by atoms with van der Waals surface area (Å²) in [5, 5.41) is 4.95. The zero-order valence-electron chi connectivity index (χ0n) is 33.2. The quantitative estimate of drug-likeness (QED) is 0.160. The third kappa shape index (κ3) is 5.51. The monoisotopic (exact) mass is 794 g/mol. The van der Waals surface area contributed by atoms with E-state index in [2.05, 4.69) is 229 Å². The third-order valence-electron chi connectivity index (χ3n) is 12.6. The van der Waals surface area contributed by atoms with Gasteiger partial charge in [0.05, 0.1) is 27.7 Å². The third-order valence-corrected chi connectivity index (χ3v) is 13.8. The SMILES string of the molecule is c1ccc(-c2ccc(N(c3cc4c(cc3-c3ccccc3)-c3ccccc3C4(c3ccccc3)c3ccccc3)c3cncc4sc5c6ccccc6ccc5c34)cc2)cc1. The van der Waals surface area contributed by atoms with Gasteiger partial charge in [-0.1, -0.05) is 194 Å². The summed E-state index contributed by atoms with van der Waals surface area (Å²) in [6.07, 6.45) is 4.12. The van der Waals surface area contributed by atoms with Crippen molar-refractivity contribution in [3.05, 3.63) is 253 Å². The average molecular weight is 795 g/mol. The largest absolute Gasteiger partial charge is 0.308 e. The maximum Gasteiger partial charge on any atom is 0.0738 e. The van der Waals surface area contributed by atoms with Crippen molar-refractivity contribution in [3.8, 4) is 33.4 Å². The Kier molecular flexibility index (Phi) is 8.29. The van der Waals surface area contributed by atoms with Gasteiger partial charge in [-0.2, -0.15) is 0 Å². The first-order valence-electron chi connectivity index (χ1n) is 20.9. The molecule has 0 saturated carbocycles. The van der Waals surface area contributed by atoms with Gasteiger partial charge in [0.1, 0.15) is 0 Å². The van der Waals surface area contributed by atoms with Crippen LogP contribution in [-0.2, 0) is 5.41 Å². The molecule has 0 unspecified atom stereocenters. The van der Waals surface area contributed by atoms with Gasteiger partial charge in [-0.25, -0.2) is 0 Å². The molecule has 2 nitrogen and oxygen atoms in total. The molecule has 61 heavy (non-hydrogen) atoms. The molecule has 9 aromatic carbocycles. The minimum absolute atomic E-state index is 0.570. The van der Waals surface area contributed by atoms with E-state index < -0.39 is 5.41 Å². The van der Waals surface area contributed by atoms with Gasteiger partial charge in [-0.3, -0.25) is 4.98 Å². The number of benzene rings is 9. The number of anilines is 3. The Labute approximate surface area is 359 Å². The van der Waals surface area contributed by atoms with Gasteiger partial charge in [0.25, 0.3) is 0 Å². The second-order valence-corrected chi connectivity index (χ2v) is 16.9. The molecule has 0 atom stereocenters. The van der Waals surface area contributed by atoms with Crippen LogP contribution in [0, 0.1) is 0 Å². The number of hydrogen-bond acceptors (Lipinski definition) is 3. The molecule has 0 saturated heterocycles. The molecule has 0 bridgehead atoms. The summed E-state index contributed by atoms with van der Waals surface area (Å²) < 4.78 is 2.44. The van der Waals surface area contributed by atoms with Crippen LogP contribution in [-0.4, -0.2) is 4.98 Å². The number of rotatable bonds is 7. The summed E-state index contributed by atoms with van der Waals surface area (Å²) >= 11 is 1.83. The number of hydrogen-bond donors (Lipinski definition) is 0. The molecule has 1 aliphatic rings. The highest BCUT2D eigenvalue weighted by molar-refractivity contribution is 7.26. The first kappa shape index (κ1) is 35.4. The number of pyridine rings is 1. The Hall–Kier alpha value is -7.59. The molecule has 11 aromatic rings. The standard InChI is InChI=1S/C58H38N2S/c1-5-17-39(18-6-1)40-29-32-45(33-30-40)60(54-37-59-38-55-56(54)48-34-31-42-21-13-14-26-46(42)57(48)61-55)53-36-52-50(35-49(53)41-19-7-2-8-20-41)47-27-15-16-28-51(47)58(52,43-22-9-3-10-23-43)44-24-11-4-12-25-44/h1-38H. The fraction of sp³-hybridized carbons (Fsp3) is 0.0172. The lowest BCUT2D eigenvalue weighted by Crippen LogP contribution is -2.28. The highest BCUT2D eigenvalue weighted by Gasteiger charge is 2.47. The zero-order valence-corrected chi connectivity index (χ0v) is 34.1. The van der Waals surface area contributed by atoms with Crippen LogP contribution in [0.15, 0.2) is 231 Å². The van der Waals surface area contributed by atoms with Crippen LogP contribution < -0.4 is 4.90 Å². The topological polar surface area (TPSA) is 16.1 Å². The Bertz CT molecular complexity index is 3350. The minimum Gasteiger partial charge on any atom is -0.308 e. The maximum atomic E-state index is 5.03. The van der Waals surface area contributed by atoms with Crippen LogP contribution >= 0.6 is 11.3 Å².